The SMILES string of the molecule is CCC(CC)c1cc(CNC(=NC)NCc2ccc(S(=O)(=O)N(C)C)cc2)on1. The minimum Gasteiger partial charge on any atom is -0.359 e. The molecule has 160 valence electrons. The highest BCUT2D eigenvalue weighted by molar-refractivity contribution is 7.89. The highest BCUT2D eigenvalue weighted by Gasteiger charge is 2.16. The van der Waals surface area contributed by atoms with E-state index < -0.39 is 10.0 Å². The molecule has 0 amide bonds. The van der Waals surface area contributed by atoms with Crippen LogP contribution in [0.4, 0.5) is 0 Å². The molecule has 0 radical (unpaired) electrons. The van der Waals surface area contributed by atoms with Gasteiger partial charge in [0.25, 0.3) is 0 Å². The van der Waals surface area contributed by atoms with Crippen LogP contribution < -0.4 is 10.6 Å². The summed E-state index contributed by atoms with van der Waals surface area (Å²) in [6.07, 6.45) is 2.07. The van der Waals surface area contributed by atoms with Crippen LogP contribution in [0.3, 0.4) is 0 Å². The summed E-state index contributed by atoms with van der Waals surface area (Å²) in [5, 5.41) is 10.6. The number of hydrogen-bond acceptors (Lipinski definition) is 5. The maximum Gasteiger partial charge on any atom is 0.242 e. The van der Waals surface area contributed by atoms with Crippen molar-refractivity contribution >= 4 is 16.0 Å². The van der Waals surface area contributed by atoms with Crippen molar-refractivity contribution in [1.82, 2.24) is 20.1 Å². The van der Waals surface area contributed by atoms with Crippen LogP contribution in [0.25, 0.3) is 0 Å². The van der Waals surface area contributed by atoms with Crippen LogP contribution in [-0.2, 0) is 23.1 Å². The summed E-state index contributed by atoms with van der Waals surface area (Å²) in [5.74, 6) is 1.80. The number of guanidine groups is 1. The first kappa shape index (κ1) is 22.9. The van der Waals surface area contributed by atoms with Crippen LogP contribution >= 0.6 is 0 Å². The molecule has 2 rings (SSSR count). The van der Waals surface area contributed by atoms with Crippen molar-refractivity contribution in [3.8, 4) is 0 Å². The minimum atomic E-state index is -3.42. The topological polar surface area (TPSA) is 99.8 Å². The number of nitrogens with one attached hydrogen (secondary N) is 2. The van der Waals surface area contributed by atoms with E-state index in [9.17, 15) is 8.42 Å². The van der Waals surface area contributed by atoms with Gasteiger partial charge in [0, 0.05) is 39.7 Å². The van der Waals surface area contributed by atoms with Gasteiger partial charge in [-0.25, -0.2) is 12.7 Å². The van der Waals surface area contributed by atoms with Crippen LogP contribution in [-0.4, -0.2) is 45.0 Å². The Bertz CT molecular complexity index is 900. The Balaban J connectivity index is 1.90. The summed E-state index contributed by atoms with van der Waals surface area (Å²) in [5.41, 5.74) is 1.93. The average Bonchev–Trinajstić information content (AvgIpc) is 3.18. The molecule has 0 bridgehead atoms. The van der Waals surface area contributed by atoms with Gasteiger partial charge in [0.2, 0.25) is 10.0 Å². The van der Waals surface area contributed by atoms with Crippen molar-refractivity contribution in [2.45, 2.75) is 50.6 Å². The Morgan fingerprint density at radius 1 is 1.14 bits per heavy atom. The summed E-state index contributed by atoms with van der Waals surface area (Å²) in [7, 11) is 1.31. The Labute approximate surface area is 173 Å². The van der Waals surface area contributed by atoms with Crippen molar-refractivity contribution < 1.29 is 12.9 Å². The highest BCUT2D eigenvalue weighted by Crippen LogP contribution is 2.22. The molecular formula is C20H31N5O3S. The summed E-state index contributed by atoms with van der Waals surface area (Å²) >= 11 is 0. The molecule has 0 aliphatic carbocycles. The molecule has 1 aromatic carbocycles. The summed E-state index contributed by atoms with van der Waals surface area (Å²) in [6, 6.07) is 8.78. The van der Waals surface area contributed by atoms with Gasteiger partial charge in [-0.15, -0.1) is 0 Å². The van der Waals surface area contributed by atoms with E-state index in [2.05, 4.69) is 34.6 Å². The fraction of sp³-hybridized carbons (Fsp3) is 0.500. The zero-order valence-corrected chi connectivity index (χ0v) is 18.6. The molecule has 0 unspecified atom stereocenters. The van der Waals surface area contributed by atoms with E-state index in [1.165, 1.54) is 18.4 Å². The lowest BCUT2D eigenvalue weighted by Gasteiger charge is -2.13. The fourth-order valence-electron chi connectivity index (χ4n) is 2.88. The molecule has 1 aromatic heterocycles. The summed E-state index contributed by atoms with van der Waals surface area (Å²) in [4.78, 5) is 4.47. The van der Waals surface area contributed by atoms with E-state index in [0.29, 0.717) is 25.0 Å². The normalized spacial score (nSPS) is 12.6. The molecule has 0 spiro atoms. The lowest BCUT2D eigenvalue weighted by Crippen LogP contribution is -2.36. The number of nitrogens with zero attached hydrogens (tertiary/aromatic N) is 3. The minimum absolute atomic E-state index is 0.271. The first-order chi connectivity index (χ1) is 13.8. The number of aromatic nitrogens is 1. The zero-order valence-electron chi connectivity index (χ0n) is 17.8. The summed E-state index contributed by atoms with van der Waals surface area (Å²) in [6.45, 7) is 5.29. The Morgan fingerprint density at radius 3 is 2.31 bits per heavy atom. The largest absolute Gasteiger partial charge is 0.359 e. The number of benzene rings is 1. The maximum atomic E-state index is 12.1. The van der Waals surface area contributed by atoms with Gasteiger partial charge in [0.1, 0.15) is 0 Å². The fourth-order valence-corrected chi connectivity index (χ4v) is 3.78. The van der Waals surface area contributed by atoms with E-state index >= 15 is 0 Å². The molecule has 1 heterocycles. The van der Waals surface area contributed by atoms with Crippen LogP contribution in [0.5, 0.6) is 0 Å². The van der Waals surface area contributed by atoms with E-state index in [-0.39, 0.29) is 4.90 Å². The second kappa shape index (κ2) is 10.4. The highest BCUT2D eigenvalue weighted by atomic mass is 32.2. The van der Waals surface area contributed by atoms with Gasteiger partial charge in [-0.3, -0.25) is 4.99 Å². The van der Waals surface area contributed by atoms with Crippen molar-refractivity contribution in [2.24, 2.45) is 4.99 Å². The maximum absolute atomic E-state index is 12.1. The molecule has 0 atom stereocenters. The quantitative estimate of drug-likeness (QED) is 0.477. The lowest BCUT2D eigenvalue weighted by molar-refractivity contribution is 0.368. The van der Waals surface area contributed by atoms with Crippen LogP contribution in [0.2, 0.25) is 0 Å². The van der Waals surface area contributed by atoms with Crippen molar-refractivity contribution in [3.05, 3.63) is 47.3 Å². The Kier molecular flexibility index (Phi) is 8.21. The predicted molar refractivity (Wildman–Crippen MR) is 114 cm³/mol. The van der Waals surface area contributed by atoms with E-state index in [1.807, 2.05) is 6.07 Å². The van der Waals surface area contributed by atoms with E-state index in [4.69, 9.17) is 4.52 Å². The molecule has 2 N–H and O–H groups in total. The van der Waals surface area contributed by atoms with E-state index in [1.54, 1.807) is 31.3 Å². The van der Waals surface area contributed by atoms with Gasteiger partial charge in [-0.2, -0.15) is 0 Å². The Hall–Kier alpha value is -2.39. The van der Waals surface area contributed by atoms with Gasteiger partial charge in [0.15, 0.2) is 11.7 Å². The third kappa shape index (κ3) is 6.04. The van der Waals surface area contributed by atoms with Gasteiger partial charge >= 0.3 is 0 Å². The van der Waals surface area contributed by atoms with Gasteiger partial charge in [-0.1, -0.05) is 31.1 Å². The molecular weight excluding hydrogens is 390 g/mol. The van der Waals surface area contributed by atoms with Crippen LogP contribution in [0.1, 0.15) is 49.6 Å². The predicted octanol–water partition coefficient (Wildman–Crippen LogP) is 2.69. The number of hydrogen-bond donors (Lipinski definition) is 2. The second-order valence-corrected chi connectivity index (χ2v) is 9.09. The Morgan fingerprint density at radius 2 is 1.76 bits per heavy atom. The van der Waals surface area contributed by atoms with Crippen LogP contribution in [0.15, 0.2) is 44.7 Å². The van der Waals surface area contributed by atoms with Gasteiger partial charge in [-0.05, 0) is 30.5 Å². The monoisotopic (exact) mass is 421 g/mol. The molecule has 9 heteroatoms. The van der Waals surface area contributed by atoms with Crippen molar-refractivity contribution in [2.75, 3.05) is 21.1 Å². The molecule has 0 aliphatic rings. The third-order valence-electron chi connectivity index (χ3n) is 4.80. The average molecular weight is 422 g/mol. The smallest absolute Gasteiger partial charge is 0.242 e. The molecule has 0 saturated heterocycles. The van der Waals surface area contributed by atoms with Gasteiger partial charge < -0.3 is 15.2 Å². The molecule has 8 nitrogen and oxygen atoms in total. The molecule has 0 saturated carbocycles. The van der Waals surface area contributed by atoms with Crippen molar-refractivity contribution in [3.63, 3.8) is 0 Å². The lowest BCUT2D eigenvalue weighted by atomic mass is 9.99. The first-order valence-electron chi connectivity index (χ1n) is 9.73. The van der Waals surface area contributed by atoms with Crippen LogP contribution in [0, 0.1) is 0 Å². The number of aliphatic imine (C=N–C) groups is 1. The molecule has 0 aliphatic heterocycles. The zero-order chi connectivity index (χ0) is 21.4. The van der Waals surface area contributed by atoms with Gasteiger partial charge in [0.05, 0.1) is 17.1 Å². The number of sulfonamides is 1. The molecule has 29 heavy (non-hydrogen) atoms. The first-order valence-corrected chi connectivity index (χ1v) is 11.2. The second-order valence-electron chi connectivity index (χ2n) is 6.94. The molecule has 0 fully saturated rings. The van der Waals surface area contributed by atoms with Crippen molar-refractivity contribution in [1.29, 1.82) is 0 Å². The molecule has 2 aromatic rings. The third-order valence-corrected chi connectivity index (χ3v) is 6.63. The number of rotatable bonds is 9. The standard InChI is InChI=1S/C20H31N5O3S/c1-6-16(7-2)19-12-17(28-24-19)14-23-20(21-3)22-13-15-8-10-18(11-9-15)29(26,27)25(4)5/h8-12,16H,6-7,13-14H2,1-5H3,(H2,21,22,23). The summed E-state index contributed by atoms with van der Waals surface area (Å²) < 4.78 is 30.9. The van der Waals surface area contributed by atoms with E-state index in [0.717, 1.165) is 29.9 Å².